The molecule has 0 aromatic heterocycles. The summed E-state index contributed by atoms with van der Waals surface area (Å²) in [5, 5.41) is 8.85. The SMILES string of the molecule is CCC1CCCN(C(=O)C(C#N)CC)C1. The molecule has 3 nitrogen and oxygen atoms in total. The number of likely N-dealkylation sites (tertiary alicyclic amines) is 1. The van der Waals surface area contributed by atoms with Crippen molar-refractivity contribution >= 4 is 5.91 Å². The number of hydrogen-bond donors (Lipinski definition) is 0. The van der Waals surface area contributed by atoms with Crippen molar-refractivity contribution in [1.82, 2.24) is 4.90 Å². The maximum absolute atomic E-state index is 11.9. The van der Waals surface area contributed by atoms with Gasteiger partial charge >= 0.3 is 0 Å². The van der Waals surface area contributed by atoms with Crippen molar-refractivity contribution in [2.45, 2.75) is 39.5 Å². The maximum atomic E-state index is 11.9. The molecule has 0 bridgehead atoms. The van der Waals surface area contributed by atoms with E-state index in [1.54, 1.807) is 0 Å². The quantitative estimate of drug-likeness (QED) is 0.713. The topological polar surface area (TPSA) is 44.1 Å². The van der Waals surface area contributed by atoms with E-state index in [0.717, 1.165) is 25.9 Å². The van der Waals surface area contributed by atoms with Crippen molar-refractivity contribution in [3.05, 3.63) is 0 Å². The van der Waals surface area contributed by atoms with E-state index in [0.29, 0.717) is 12.3 Å². The average molecular weight is 208 g/mol. The van der Waals surface area contributed by atoms with E-state index in [1.807, 2.05) is 11.8 Å². The van der Waals surface area contributed by atoms with Crippen molar-refractivity contribution in [2.75, 3.05) is 13.1 Å². The van der Waals surface area contributed by atoms with Crippen LogP contribution in [0.2, 0.25) is 0 Å². The minimum absolute atomic E-state index is 0.0400. The lowest BCUT2D eigenvalue weighted by atomic mass is 9.94. The van der Waals surface area contributed by atoms with Crippen LogP contribution in [0.3, 0.4) is 0 Å². The van der Waals surface area contributed by atoms with Gasteiger partial charge < -0.3 is 4.90 Å². The van der Waals surface area contributed by atoms with Crippen LogP contribution in [0.4, 0.5) is 0 Å². The number of nitriles is 1. The van der Waals surface area contributed by atoms with Crippen LogP contribution in [0, 0.1) is 23.2 Å². The van der Waals surface area contributed by atoms with Gasteiger partial charge in [0.15, 0.2) is 0 Å². The van der Waals surface area contributed by atoms with E-state index in [4.69, 9.17) is 5.26 Å². The molecule has 0 saturated carbocycles. The number of carbonyl (C=O) groups is 1. The minimum atomic E-state index is -0.430. The molecule has 0 spiro atoms. The summed E-state index contributed by atoms with van der Waals surface area (Å²) in [7, 11) is 0. The van der Waals surface area contributed by atoms with Crippen molar-refractivity contribution in [2.24, 2.45) is 11.8 Å². The number of nitrogens with zero attached hydrogens (tertiary/aromatic N) is 2. The zero-order chi connectivity index (χ0) is 11.3. The number of amides is 1. The number of hydrogen-bond acceptors (Lipinski definition) is 2. The molecule has 0 aromatic rings. The third kappa shape index (κ3) is 2.95. The molecule has 0 aromatic carbocycles. The monoisotopic (exact) mass is 208 g/mol. The van der Waals surface area contributed by atoms with E-state index in [2.05, 4.69) is 13.0 Å². The van der Waals surface area contributed by atoms with Gasteiger partial charge in [-0.05, 0) is 25.2 Å². The fourth-order valence-electron chi connectivity index (χ4n) is 2.14. The van der Waals surface area contributed by atoms with Gasteiger partial charge in [-0.2, -0.15) is 5.26 Å². The number of rotatable bonds is 3. The summed E-state index contributed by atoms with van der Waals surface area (Å²) in [6, 6.07) is 2.09. The smallest absolute Gasteiger partial charge is 0.239 e. The molecule has 84 valence electrons. The van der Waals surface area contributed by atoms with Crippen molar-refractivity contribution < 1.29 is 4.79 Å². The highest BCUT2D eigenvalue weighted by Crippen LogP contribution is 2.21. The van der Waals surface area contributed by atoms with Crippen LogP contribution in [0.1, 0.15) is 39.5 Å². The average Bonchev–Trinajstić information content (AvgIpc) is 2.30. The van der Waals surface area contributed by atoms with Crippen LogP contribution in [-0.4, -0.2) is 23.9 Å². The Morgan fingerprint density at radius 3 is 2.87 bits per heavy atom. The van der Waals surface area contributed by atoms with Gasteiger partial charge in [0.1, 0.15) is 5.92 Å². The summed E-state index contributed by atoms with van der Waals surface area (Å²) in [5.74, 6) is 0.248. The van der Waals surface area contributed by atoms with Gasteiger partial charge in [0, 0.05) is 13.1 Å². The molecular formula is C12H20N2O. The van der Waals surface area contributed by atoms with Crippen LogP contribution in [0.25, 0.3) is 0 Å². The van der Waals surface area contributed by atoms with Crippen LogP contribution >= 0.6 is 0 Å². The largest absolute Gasteiger partial charge is 0.341 e. The molecule has 0 aliphatic carbocycles. The highest BCUT2D eigenvalue weighted by atomic mass is 16.2. The fraction of sp³-hybridized carbons (Fsp3) is 0.833. The lowest BCUT2D eigenvalue weighted by Crippen LogP contribution is -2.42. The van der Waals surface area contributed by atoms with E-state index < -0.39 is 5.92 Å². The third-order valence-electron chi connectivity index (χ3n) is 3.27. The Balaban J connectivity index is 2.56. The first-order valence-electron chi connectivity index (χ1n) is 5.91. The van der Waals surface area contributed by atoms with Crippen molar-refractivity contribution in [1.29, 1.82) is 5.26 Å². The highest BCUT2D eigenvalue weighted by Gasteiger charge is 2.27. The first kappa shape index (κ1) is 12.0. The standard InChI is InChI=1S/C12H20N2O/c1-3-10-6-5-7-14(9-10)12(15)11(4-2)8-13/h10-11H,3-7,9H2,1-2H3. The molecule has 1 saturated heterocycles. The second kappa shape index (κ2) is 5.75. The molecule has 1 aliphatic heterocycles. The number of piperidine rings is 1. The Labute approximate surface area is 92.1 Å². The van der Waals surface area contributed by atoms with Gasteiger partial charge in [-0.3, -0.25) is 4.79 Å². The highest BCUT2D eigenvalue weighted by molar-refractivity contribution is 5.81. The van der Waals surface area contributed by atoms with Gasteiger partial charge in [-0.25, -0.2) is 0 Å². The van der Waals surface area contributed by atoms with Gasteiger partial charge in [0.05, 0.1) is 6.07 Å². The fourth-order valence-corrected chi connectivity index (χ4v) is 2.14. The minimum Gasteiger partial charge on any atom is -0.341 e. The normalized spacial score (nSPS) is 23.3. The molecule has 15 heavy (non-hydrogen) atoms. The zero-order valence-electron chi connectivity index (χ0n) is 9.70. The molecule has 0 N–H and O–H groups in total. The predicted molar refractivity (Wildman–Crippen MR) is 59.0 cm³/mol. The molecular weight excluding hydrogens is 188 g/mol. The number of carbonyl (C=O) groups excluding carboxylic acids is 1. The van der Waals surface area contributed by atoms with Crippen molar-refractivity contribution in [3.63, 3.8) is 0 Å². The van der Waals surface area contributed by atoms with Gasteiger partial charge in [-0.15, -0.1) is 0 Å². The summed E-state index contributed by atoms with van der Waals surface area (Å²) in [5.41, 5.74) is 0. The Kier molecular flexibility index (Phi) is 4.61. The zero-order valence-corrected chi connectivity index (χ0v) is 9.70. The van der Waals surface area contributed by atoms with Crippen LogP contribution in [0.15, 0.2) is 0 Å². The molecule has 2 atom stereocenters. The molecule has 0 radical (unpaired) electrons. The molecule has 1 fully saturated rings. The van der Waals surface area contributed by atoms with Gasteiger partial charge in [0.25, 0.3) is 0 Å². The summed E-state index contributed by atoms with van der Waals surface area (Å²) in [6.45, 7) is 5.76. The van der Waals surface area contributed by atoms with Gasteiger partial charge in [-0.1, -0.05) is 20.3 Å². The first-order valence-corrected chi connectivity index (χ1v) is 5.91. The second-order valence-electron chi connectivity index (χ2n) is 4.29. The predicted octanol–water partition coefficient (Wildman–Crippen LogP) is 2.18. The van der Waals surface area contributed by atoms with Crippen LogP contribution in [-0.2, 0) is 4.79 Å². The molecule has 1 aliphatic rings. The lowest BCUT2D eigenvalue weighted by molar-refractivity contribution is -0.135. The van der Waals surface area contributed by atoms with Crippen LogP contribution < -0.4 is 0 Å². The second-order valence-corrected chi connectivity index (χ2v) is 4.29. The molecule has 1 heterocycles. The van der Waals surface area contributed by atoms with E-state index in [-0.39, 0.29) is 5.91 Å². The van der Waals surface area contributed by atoms with E-state index in [9.17, 15) is 4.79 Å². The third-order valence-corrected chi connectivity index (χ3v) is 3.27. The van der Waals surface area contributed by atoms with E-state index >= 15 is 0 Å². The molecule has 1 rings (SSSR count). The Hall–Kier alpha value is -1.04. The Morgan fingerprint density at radius 2 is 2.33 bits per heavy atom. The summed E-state index contributed by atoms with van der Waals surface area (Å²) < 4.78 is 0. The van der Waals surface area contributed by atoms with Crippen LogP contribution in [0.5, 0.6) is 0 Å². The summed E-state index contributed by atoms with van der Waals surface area (Å²) in [6.07, 6.45) is 4.07. The van der Waals surface area contributed by atoms with Crippen molar-refractivity contribution in [3.8, 4) is 6.07 Å². The summed E-state index contributed by atoms with van der Waals surface area (Å²) >= 11 is 0. The van der Waals surface area contributed by atoms with E-state index in [1.165, 1.54) is 6.42 Å². The summed E-state index contributed by atoms with van der Waals surface area (Å²) in [4.78, 5) is 13.8. The van der Waals surface area contributed by atoms with Gasteiger partial charge in [0.2, 0.25) is 5.91 Å². The Morgan fingerprint density at radius 1 is 1.60 bits per heavy atom. The molecule has 2 unspecified atom stereocenters. The lowest BCUT2D eigenvalue weighted by Gasteiger charge is -2.33. The molecule has 1 amide bonds. The molecule has 3 heteroatoms. The first-order chi connectivity index (χ1) is 7.22. The Bertz CT molecular complexity index is 257. The maximum Gasteiger partial charge on any atom is 0.239 e.